The smallest absolute Gasteiger partial charge is 0.406 e. The number of aromatic nitrogens is 2. The van der Waals surface area contributed by atoms with Gasteiger partial charge < -0.3 is 10.1 Å². The van der Waals surface area contributed by atoms with Crippen LogP contribution in [0, 0.1) is 0 Å². The van der Waals surface area contributed by atoms with Crippen molar-refractivity contribution >= 4 is 11.6 Å². The summed E-state index contributed by atoms with van der Waals surface area (Å²) in [7, 11) is 0. The highest BCUT2D eigenvalue weighted by Crippen LogP contribution is 2.23. The first kappa shape index (κ1) is 16.6. The molecule has 0 aliphatic rings. The van der Waals surface area contributed by atoms with E-state index >= 15 is 0 Å². The summed E-state index contributed by atoms with van der Waals surface area (Å²) < 4.78 is 41.7. The van der Waals surface area contributed by atoms with Crippen molar-refractivity contribution in [2.24, 2.45) is 0 Å². The third kappa shape index (κ3) is 4.37. The number of rotatable bonds is 4. The number of alkyl halides is 3. The first-order chi connectivity index (χ1) is 11.9. The summed E-state index contributed by atoms with van der Waals surface area (Å²) in [6, 6.07) is 14.1. The van der Waals surface area contributed by atoms with E-state index in [1.54, 1.807) is 24.3 Å². The second kappa shape index (κ2) is 6.68. The predicted octanol–water partition coefficient (Wildman–Crippen LogP) is 4.02. The van der Waals surface area contributed by atoms with Crippen LogP contribution >= 0.6 is 0 Å². The molecule has 0 saturated heterocycles. The zero-order valence-electron chi connectivity index (χ0n) is 12.7. The van der Waals surface area contributed by atoms with Crippen molar-refractivity contribution in [2.75, 3.05) is 5.32 Å². The maximum absolute atomic E-state index is 12.2. The van der Waals surface area contributed by atoms with Gasteiger partial charge in [0.25, 0.3) is 5.91 Å². The van der Waals surface area contributed by atoms with Crippen LogP contribution in [0.2, 0.25) is 0 Å². The number of carbonyl (C=O) groups is 1. The number of ether oxygens (including phenoxy) is 1. The SMILES string of the molecule is O=C(Nc1ccccc1)c1cnn(-c2ccc(OC(F)(F)F)cc2)c1. The predicted molar refractivity (Wildman–Crippen MR) is 84.6 cm³/mol. The molecule has 1 aromatic heterocycles. The number of hydrogen-bond acceptors (Lipinski definition) is 3. The van der Waals surface area contributed by atoms with Crippen molar-refractivity contribution < 1.29 is 22.7 Å². The Hall–Kier alpha value is -3.29. The Labute approximate surface area is 140 Å². The van der Waals surface area contributed by atoms with Gasteiger partial charge in [0.05, 0.1) is 17.4 Å². The lowest BCUT2D eigenvalue weighted by molar-refractivity contribution is -0.274. The molecule has 0 atom stereocenters. The first-order valence-electron chi connectivity index (χ1n) is 7.18. The van der Waals surface area contributed by atoms with Crippen molar-refractivity contribution in [3.05, 3.63) is 72.6 Å². The van der Waals surface area contributed by atoms with E-state index in [2.05, 4.69) is 15.2 Å². The molecule has 3 rings (SSSR count). The molecule has 0 fully saturated rings. The number of halogens is 3. The average Bonchev–Trinajstić information content (AvgIpc) is 3.05. The molecule has 128 valence electrons. The first-order valence-corrected chi connectivity index (χ1v) is 7.18. The molecule has 0 spiro atoms. The number of anilines is 1. The van der Waals surface area contributed by atoms with E-state index in [0.29, 0.717) is 16.9 Å². The number of nitrogens with one attached hydrogen (secondary N) is 1. The minimum atomic E-state index is -4.74. The highest BCUT2D eigenvalue weighted by Gasteiger charge is 2.30. The van der Waals surface area contributed by atoms with E-state index in [4.69, 9.17) is 0 Å². The van der Waals surface area contributed by atoms with Gasteiger partial charge in [-0.2, -0.15) is 5.10 Å². The minimum absolute atomic E-state index is 0.319. The van der Waals surface area contributed by atoms with Gasteiger partial charge in [0.15, 0.2) is 0 Å². The molecular weight excluding hydrogens is 335 g/mol. The van der Waals surface area contributed by atoms with E-state index in [-0.39, 0.29) is 11.7 Å². The van der Waals surface area contributed by atoms with Gasteiger partial charge >= 0.3 is 6.36 Å². The van der Waals surface area contributed by atoms with Gasteiger partial charge in [0.2, 0.25) is 0 Å². The minimum Gasteiger partial charge on any atom is -0.406 e. The highest BCUT2D eigenvalue weighted by molar-refractivity contribution is 6.03. The van der Waals surface area contributed by atoms with E-state index in [1.807, 2.05) is 6.07 Å². The Morgan fingerprint density at radius 3 is 2.36 bits per heavy atom. The Bertz CT molecular complexity index is 859. The molecule has 1 amide bonds. The molecule has 0 aliphatic carbocycles. The monoisotopic (exact) mass is 347 g/mol. The molecule has 1 N–H and O–H groups in total. The molecule has 0 unspecified atom stereocenters. The molecule has 25 heavy (non-hydrogen) atoms. The van der Waals surface area contributed by atoms with Crippen LogP contribution in [0.1, 0.15) is 10.4 Å². The fraction of sp³-hybridized carbons (Fsp3) is 0.0588. The Morgan fingerprint density at radius 2 is 1.72 bits per heavy atom. The molecule has 1 heterocycles. The van der Waals surface area contributed by atoms with E-state index in [9.17, 15) is 18.0 Å². The maximum Gasteiger partial charge on any atom is 0.573 e. The number of hydrogen-bond donors (Lipinski definition) is 1. The fourth-order valence-corrected chi connectivity index (χ4v) is 2.11. The second-order valence-corrected chi connectivity index (χ2v) is 5.04. The van der Waals surface area contributed by atoms with Gasteiger partial charge in [-0.05, 0) is 36.4 Å². The third-order valence-electron chi connectivity index (χ3n) is 3.21. The standard InChI is InChI=1S/C17H12F3N3O2/c18-17(19,20)25-15-8-6-14(7-9-15)23-11-12(10-21-23)16(24)22-13-4-2-1-3-5-13/h1-11H,(H,22,24). The van der Waals surface area contributed by atoms with Crippen LogP contribution in [0.5, 0.6) is 5.75 Å². The second-order valence-electron chi connectivity index (χ2n) is 5.04. The average molecular weight is 347 g/mol. The van der Waals surface area contributed by atoms with Crippen LogP contribution < -0.4 is 10.1 Å². The lowest BCUT2D eigenvalue weighted by Crippen LogP contribution is -2.17. The number of para-hydroxylation sites is 1. The Kier molecular flexibility index (Phi) is 4.42. The van der Waals surface area contributed by atoms with Crippen LogP contribution in [0.3, 0.4) is 0 Å². The quantitative estimate of drug-likeness (QED) is 0.775. The van der Waals surface area contributed by atoms with Gasteiger partial charge in [-0.25, -0.2) is 4.68 Å². The number of benzene rings is 2. The van der Waals surface area contributed by atoms with Crippen molar-refractivity contribution in [1.29, 1.82) is 0 Å². The number of amides is 1. The fourth-order valence-electron chi connectivity index (χ4n) is 2.11. The number of nitrogens with zero attached hydrogens (tertiary/aromatic N) is 2. The van der Waals surface area contributed by atoms with Crippen molar-refractivity contribution in [2.45, 2.75) is 6.36 Å². The van der Waals surface area contributed by atoms with Crippen molar-refractivity contribution in [3.63, 3.8) is 0 Å². The molecule has 0 radical (unpaired) electrons. The molecule has 2 aromatic carbocycles. The Balaban J connectivity index is 1.71. The van der Waals surface area contributed by atoms with Gasteiger partial charge in [0, 0.05) is 11.9 Å². The maximum atomic E-state index is 12.2. The summed E-state index contributed by atoms with van der Waals surface area (Å²) in [6.45, 7) is 0. The van der Waals surface area contributed by atoms with Gasteiger partial charge in [0.1, 0.15) is 5.75 Å². The molecule has 0 bridgehead atoms. The summed E-state index contributed by atoms with van der Waals surface area (Å²) in [5.41, 5.74) is 1.46. The zero-order chi connectivity index (χ0) is 17.9. The van der Waals surface area contributed by atoms with Crippen LogP contribution in [-0.4, -0.2) is 22.1 Å². The van der Waals surface area contributed by atoms with Crippen LogP contribution in [0.25, 0.3) is 5.69 Å². The molecule has 3 aromatic rings. The summed E-state index contributed by atoms with van der Waals surface area (Å²) in [5, 5.41) is 6.77. The summed E-state index contributed by atoms with van der Waals surface area (Å²) in [5.74, 6) is -0.667. The zero-order valence-corrected chi connectivity index (χ0v) is 12.7. The Morgan fingerprint density at radius 1 is 1.04 bits per heavy atom. The van der Waals surface area contributed by atoms with Crippen molar-refractivity contribution in [3.8, 4) is 11.4 Å². The van der Waals surface area contributed by atoms with Gasteiger partial charge in [-0.1, -0.05) is 18.2 Å². The summed E-state index contributed by atoms with van der Waals surface area (Å²) >= 11 is 0. The topological polar surface area (TPSA) is 56.2 Å². The van der Waals surface area contributed by atoms with Crippen molar-refractivity contribution in [1.82, 2.24) is 9.78 Å². The number of carbonyl (C=O) groups excluding carboxylic acids is 1. The molecule has 0 saturated carbocycles. The van der Waals surface area contributed by atoms with E-state index < -0.39 is 6.36 Å². The molecule has 0 aliphatic heterocycles. The van der Waals surface area contributed by atoms with Gasteiger partial charge in [-0.15, -0.1) is 13.2 Å². The highest BCUT2D eigenvalue weighted by atomic mass is 19.4. The summed E-state index contributed by atoms with van der Waals surface area (Å²) in [4.78, 5) is 12.2. The van der Waals surface area contributed by atoms with Crippen LogP contribution in [-0.2, 0) is 0 Å². The lowest BCUT2D eigenvalue weighted by atomic mass is 10.3. The van der Waals surface area contributed by atoms with Crippen LogP contribution in [0.4, 0.5) is 18.9 Å². The van der Waals surface area contributed by atoms with E-state index in [1.165, 1.54) is 41.3 Å². The lowest BCUT2D eigenvalue weighted by Gasteiger charge is -2.09. The summed E-state index contributed by atoms with van der Waals surface area (Å²) in [6.07, 6.45) is -1.88. The molecule has 8 heteroatoms. The largest absolute Gasteiger partial charge is 0.573 e. The normalized spacial score (nSPS) is 11.2. The third-order valence-corrected chi connectivity index (χ3v) is 3.21. The van der Waals surface area contributed by atoms with Crippen LogP contribution in [0.15, 0.2) is 67.0 Å². The van der Waals surface area contributed by atoms with E-state index in [0.717, 1.165) is 0 Å². The molecule has 5 nitrogen and oxygen atoms in total. The molecular formula is C17H12F3N3O2. The van der Waals surface area contributed by atoms with Gasteiger partial charge in [-0.3, -0.25) is 4.79 Å².